The predicted octanol–water partition coefficient (Wildman–Crippen LogP) is 7.45. The number of aliphatic hydroxyl groups excluding tert-OH is 2. The van der Waals surface area contributed by atoms with Crippen molar-refractivity contribution in [3.63, 3.8) is 0 Å². The molecular formula is C50H64Br2N6O6. The average molecular weight is 1000 g/mol. The minimum atomic E-state index is -0.774. The molecule has 0 spiro atoms. The van der Waals surface area contributed by atoms with E-state index in [4.69, 9.17) is 0 Å². The second-order valence-electron chi connectivity index (χ2n) is 18.2. The Morgan fingerprint density at radius 2 is 0.938 bits per heavy atom. The molecule has 0 saturated carbocycles. The number of amides is 4. The first kappa shape index (κ1) is 50.6. The van der Waals surface area contributed by atoms with Gasteiger partial charge in [0, 0.05) is 84.3 Å². The first-order valence-corrected chi connectivity index (χ1v) is 23.4. The zero-order valence-electron chi connectivity index (χ0n) is 38.1. The fourth-order valence-corrected chi connectivity index (χ4v) is 10.0. The number of fused-ring (bicyclic) bond motifs is 2. The highest BCUT2D eigenvalue weighted by molar-refractivity contribution is 9.10. The lowest BCUT2D eigenvalue weighted by Gasteiger charge is -2.46. The molecule has 4 aromatic rings. The second-order valence-corrected chi connectivity index (χ2v) is 20.0. The molecule has 4 amide bonds. The summed E-state index contributed by atoms with van der Waals surface area (Å²) in [5.41, 5.74) is 5.14. The summed E-state index contributed by atoms with van der Waals surface area (Å²) in [5.74, 6) is -0.332. The molecular weight excluding hydrogens is 940 g/mol. The van der Waals surface area contributed by atoms with Crippen molar-refractivity contribution in [1.82, 2.24) is 21.3 Å². The van der Waals surface area contributed by atoms with E-state index in [0.717, 1.165) is 42.6 Å². The van der Waals surface area contributed by atoms with Gasteiger partial charge in [-0.2, -0.15) is 0 Å². The van der Waals surface area contributed by atoms with Crippen LogP contribution in [-0.4, -0.2) is 82.3 Å². The summed E-state index contributed by atoms with van der Waals surface area (Å²) in [4.78, 5) is 52.0. The maximum Gasteiger partial charge on any atom is 0.224 e. The summed E-state index contributed by atoms with van der Waals surface area (Å²) in [6, 6.07) is 30.6. The molecule has 0 fully saturated rings. The standard InChI is InChI=1S/2C25H32BrN3O3/c2*1-16(30)28-21(12-18-8-6-5-7-9-18)24(32)15-27-22-14-25(3,4)29(17(2)31)23-11-10-19(26)13-20(22)23/h2*5-11,13,21-22,24,27,32H,12,14-15H2,1-4H3,(H,28,30)/t21-,22+,24+;21-,22-,24+/m00/s1. The van der Waals surface area contributed by atoms with Crippen molar-refractivity contribution < 1.29 is 29.4 Å². The average Bonchev–Trinajstić information content (AvgIpc) is 3.21. The van der Waals surface area contributed by atoms with Crippen molar-refractivity contribution >= 4 is 66.9 Å². The van der Waals surface area contributed by atoms with Gasteiger partial charge in [0.15, 0.2) is 0 Å². The molecule has 4 aromatic carbocycles. The minimum Gasteiger partial charge on any atom is -0.390 e. The molecule has 14 heteroatoms. The Morgan fingerprint density at radius 1 is 0.594 bits per heavy atom. The molecule has 12 nitrogen and oxygen atoms in total. The van der Waals surface area contributed by atoms with Crippen LogP contribution in [0, 0.1) is 0 Å². The molecule has 6 rings (SSSR count). The number of halogens is 2. The molecule has 0 aliphatic carbocycles. The first-order chi connectivity index (χ1) is 30.2. The number of benzene rings is 4. The Kier molecular flexibility index (Phi) is 17.5. The Bertz CT molecular complexity index is 2090. The topological polar surface area (TPSA) is 163 Å². The van der Waals surface area contributed by atoms with Gasteiger partial charge < -0.3 is 41.3 Å². The van der Waals surface area contributed by atoms with E-state index in [1.54, 1.807) is 13.8 Å². The Morgan fingerprint density at radius 3 is 1.25 bits per heavy atom. The maximum atomic E-state index is 12.4. The fourth-order valence-electron chi connectivity index (χ4n) is 9.26. The van der Waals surface area contributed by atoms with Crippen LogP contribution in [-0.2, 0) is 32.0 Å². The number of nitrogens with one attached hydrogen (secondary N) is 4. The van der Waals surface area contributed by atoms with Gasteiger partial charge in [0.25, 0.3) is 0 Å². The molecule has 0 radical (unpaired) electrons. The number of hydrogen-bond acceptors (Lipinski definition) is 8. The summed E-state index contributed by atoms with van der Waals surface area (Å²) in [7, 11) is 0. The normalized spacial score (nSPS) is 19.1. The van der Waals surface area contributed by atoms with Gasteiger partial charge in [-0.3, -0.25) is 19.2 Å². The summed E-state index contributed by atoms with van der Waals surface area (Å²) < 4.78 is 1.87. The molecule has 6 N–H and O–H groups in total. The van der Waals surface area contributed by atoms with E-state index in [1.165, 1.54) is 13.8 Å². The summed E-state index contributed by atoms with van der Waals surface area (Å²) in [6.07, 6.45) is 0.935. The van der Waals surface area contributed by atoms with Crippen molar-refractivity contribution in [2.24, 2.45) is 0 Å². The molecule has 64 heavy (non-hydrogen) atoms. The first-order valence-electron chi connectivity index (χ1n) is 21.8. The van der Waals surface area contributed by atoms with Crippen LogP contribution in [0.15, 0.2) is 106 Å². The monoisotopic (exact) mass is 1000 g/mol. The molecule has 0 aromatic heterocycles. The Labute approximate surface area is 395 Å². The van der Waals surface area contributed by atoms with E-state index in [9.17, 15) is 29.4 Å². The number of carbonyl (C=O) groups excluding carboxylic acids is 4. The molecule has 2 aliphatic heterocycles. The van der Waals surface area contributed by atoms with Gasteiger partial charge in [0.1, 0.15) is 0 Å². The van der Waals surface area contributed by atoms with E-state index in [1.807, 2.05) is 107 Å². The van der Waals surface area contributed by atoms with Crippen LogP contribution in [0.2, 0.25) is 0 Å². The van der Waals surface area contributed by atoms with Crippen molar-refractivity contribution in [3.8, 4) is 0 Å². The predicted molar refractivity (Wildman–Crippen MR) is 261 cm³/mol. The number of nitrogens with zero attached hydrogens (tertiary/aromatic N) is 2. The molecule has 344 valence electrons. The van der Waals surface area contributed by atoms with Gasteiger partial charge in [-0.25, -0.2) is 0 Å². The van der Waals surface area contributed by atoms with E-state index < -0.39 is 24.3 Å². The van der Waals surface area contributed by atoms with Gasteiger partial charge >= 0.3 is 0 Å². The third-order valence-electron chi connectivity index (χ3n) is 11.9. The molecule has 0 bridgehead atoms. The van der Waals surface area contributed by atoms with Crippen LogP contribution in [0.1, 0.15) is 103 Å². The molecule has 0 saturated heterocycles. The van der Waals surface area contributed by atoms with Crippen LogP contribution in [0.4, 0.5) is 11.4 Å². The van der Waals surface area contributed by atoms with Gasteiger partial charge in [0.2, 0.25) is 23.6 Å². The van der Waals surface area contributed by atoms with E-state index in [-0.39, 0.29) is 46.8 Å². The lowest BCUT2D eigenvalue weighted by molar-refractivity contribution is -0.121. The van der Waals surface area contributed by atoms with Crippen molar-refractivity contribution in [1.29, 1.82) is 0 Å². The number of rotatable bonds is 14. The van der Waals surface area contributed by atoms with Crippen molar-refractivity contribution in [2.45, 2.75) is 129 Å². The van der Waals surface area contributed by atoms with Crippen molar-refractivity contribution in [3.05, 3.63) is 128 Å². The summed E-state index contributed by atoms with van der Waals surface area (Å²) >= 11 is 7.09. The molecule has 6 atom stereocenters. The van der Waals surface area contributed by atoms with Gasteiger partial charge in [0.05, 0.1) is 24.3 Å². The van der Waals surface area contributed by atoms with Gasteiger partial charge in [-0.15, -0.1) is 0 Å². The highest BCUT2D eigenvalue weighted by Crippen LogP contribution is 2.45. The van der Waals surface area contributed by atoms with Crippen LogP contribution < -0.4 is 31.1 Å². The summed E-state index contributed by atoms with van der Waals surface area (Å²) in [5, 5.41) is 34.7. The summed E-state index contributed by atoms with van der Waals surface area (Å²) in [6.45, 7) is 15.0. The fraction of sp³-hybridized carbons (Fsp3) is 0.440. The SMILES string of the molecule is CC(=O)N[C@@H](Cc1ccccc1)[C@H](O)CN[C@@H]1CC(C)(C)N(C(C)=O)c2ccc(Br)cc21.CC(=O)N[C@@H](Cc1ccccc1)[C@H](O)CN[C@H]1CC(C)(C)N(C(C)=O)c2ccc(Br)cc21. The third-order valence-corrected chi connectivity index (χ3v) is 12.9. The number of carbonyl (C=O) groups is 4. The molecule has 2 heterocycles. The van der Waals surface area contributed by atoms with E-state index in [0.29, 0.717) is 38.8 Å². The number of aliphatic hydroxyl groups is 2. The maximum absolute atomic E-state index is 12.4. The van der Waals surface area contributed by atoms with Crippen LogP contribution in [0.3, 0.4) is 0 Å². The largest absolute Gasteiger partial charge is 0.390 e. The zero-order chi connectivity index (χ0) is 46.9. The Hall–Kier alpha value is -4.44. The quantitative estimate of drug-likeness (QED) is 0.0760. The van der Waals surface area contributed by atoms with Crippen molar-refractivity contribution in [2.75, 3.05) is 22.9 Å². The van der Waals surface area contributed by atoms with E-state index >= 15 is 0 Å². The van der Waals surface area contributed by atoms with Gasteiger partial charge in [-0.05, 0) is 112 Å². The number of anilines is 2. The van der Waals surface area contributed by atoms with Crippen LogP contribution in [0.5, 0.6) is 0 Å². The third kappa shape index (κ3) is 13.3. The smallest absolute Gasteiger partial charge is 0.224 e. The van der Waals surface area contributed by atoms with Crippen LogP contribution >= 0.6 is 31.9 Å². The van der Waals surface area contributed by atoms with Gasteiger partial charge in [-0.1, -0.05) is 92.5 Å². The second kappa shape index (κ2) is 22.2. The molecule has 2 aliphatic rings. The Balaban J connectivity index is 0.000000241. The molecule has 0 unspecified atom stereocenters. The van der Waals surface area contributed by atoms with E-state index in [2.05, 4.69) is 80.8 Å². The number of hydrogen-bond donors (Lipinski definition) is 6. The lowest BCUT2D eigenvalue weighted by atomic mass is 9.83. The minimum absolute atomic E-state index is 0.00522. The highest BCUT2D eigenvalue weighted by atomic mass is 79.9. The lowest BCUT2D eigenvalue weighted by Crippen LogP contribution is -2.54. The highest BCUT2D eigenvalue weighted by Gasteiger charge is 2.42. The van der Waals surface area contributed by atoms with Crippen LogP contribution in [0.25, 0.3) is 0 Å². The zero-order valence-corrected chi connectivity index (χ0v) is 41.3.